The highest BCUT2D eigenvalue weighted by molar-refractivity contribution is 5.92. The van der Waals surface area contributed by atoms with E-state index in [0.29, 0.717) is 17.9 Å². The van der Waals surface area contributed by atoms with E-state index >= 15 is 0 Å². The number of H-pyrrole nitrogens is 1. The average Bonchev–Trinajstić information content (AvgIpc) is 2.97. The fourth-order valence-electron chi connectivity index (χ4n) is 1.67. The third-order valence-corrected chi connectivity index (χ3v) is 2.71. The van der Waals surface area contributed by atoms with Crippen molar-refractivity contribution in [2.75, 3.05) is 7.05 Å². The first kappa shape index (κ1) is 14.4. The SMILES string of the molecule is CN(Cc1ncc[nH]1)C(=O)c1ccc(C=CC(=O)O)cn1. The maximum atomic E-state index is 12.2. The molecular weight excluding hydrogens is 272 g/mol. The number of carbonyl (C=O) groups is 2. The van der Waals surface area contributed by atoms with E-state index in [9.17, 15) is 9.59 Å². The van der Waals surface area contributed by atoms with Gasteiger partial charge >= 0.3 is 5.97 Å². The molecule has 1 amide bonds. The van der Waals surface area contributed by atoms with Gasteiger partial charge in [0.15, 0.2) is 0 Å². The highest BCUT2D eigenvalue weighted by atomic mass is 16.4. The molecule has 2 rings (SSSR count). The van der Waals surface area contributed by atoms with Crippen LogP contribution in [0.3, 0.4) is 0 Å². The summed E-state index contributed by atoms with van der Waals surface area (Å²) in [5, 5.41) is 8.54. The molecule has 0 aliphatic carbocycles. The maximum Gasteiger partial charge on any atom is 0.328 e. The number of hydrogen-bond acceptors (Lipinski definition) is 4. The minimum atomic E-state index is -1.03. The van der Waals surface area contributed by atoms with Crippen molar-refractivity contribution >= 4 is 18.0 Å². The van der Waals surface area contributed by atoms with E-state index in [1.54, 1.807) is 31.6 Å². The maximum absolute atomic E-state index is 12.2. The molecule has 0 aliphatic heterocycles. The van der Waals surface area contributed by atoms with Gasteiger partial charge in [-0.3, -0.25) is 9.78 Å². The molecule has 21 heavy (non-hydrogen) atoms. The number of carboxylic acid groups (broad SMARTS) is 1. The lowest BCUT2D eigenvalue weighted by Gasteiger charge is -2.15. The second kappa shape index (κ2) is 6.47. The lowest BCUT2D eigenvalue weighted by molar-refractivity contribution is -0.131. The van der Waals surface area contributed by atoms with Crippen LogP contribution in [0.1, 0.15) is 21.9 Å². The van der Waals surface area contributed by atoms with Crippen LogP contribution in [0.15, 0.2) is 36.8 Å². The number of nitrogens with one attached hydrogen (secondary N) is 1. The van der Waals surface area contributed by atoms with Gasteiger partial charge in [-0.1, -0.05) is 6.07 Å². The molecule has 7 nitrogen and oxygen atoms in total. The fraction of sp³-hybridized carbons (Fsp3) is 0.143. The summed E-state index contributed by atoms with van der Waals surface area (Å²) >= 11 is 0. The van der Waals surface area contributed by atoms with Crippen molar-refractivity contribution < 1.29 is 14.7 Å². The predicted molar refractivity (Wildman–Crippen MR) is 75.3 cm³/mol. The smallest absolute Gasteiger partial charge is 0.328 e. The Hall–Kier alpha value is -2.96. The zero-order chi connectivity index (χ0) is 15.2. The van der Waals surface area contributed by atoms with E-state index in [-0.39, 0.29) is 11.6 Å². The molecule has 0 aromatic carbocycles. The van der Waals surface area contributed by atoms with E-state index in [4.69, 9.17) is 5.11 Å². The number of amides is 1. The van der Waals surface area contributed by atoms with E-state index in [1.165, 1.54) is 17.2 Å². The van der Waals surface area contributed by atoms with Crippen LogP contribution in [-0.4, -0.2) is 43.9 Å². The Balaban J connectivity index is 2.03. The highest BCUT2D eigenvalue weighted by Gasteiger charge is 2.13. The lowest BCUT2D eigenvalue weighted by Crippen LogP contribution is -2.27. The van der Waals surface area contributed by atoms with Crippen molar-refractivity contribution in [3.8, 4) is 0 Å². The van der Waals surface area contributed by atoms with Crippen LogP contribution < -0.4 is 0 Å². The van der Waals surface area contributed by atoms with Crippen LogP contribution in [0, 0.1) is 0 Å². The third kappa shape index (κ3) is 4.00. The molecule has 0 saturated heterocycles. The second-order valence-electron chi connectivity index (χ2n) is 4.35. The summed E-state index contributed by atoms with van der Waals surface area (Å²) in [5.74, 6) is -0.583. The van der Waals surface area contributed by atoms with Crippen molar-refractivity contribution in [1.82, 2.24) is 19.9 Å². The van der Waals surface area contributed by atoms with Gasteiger partial charge in [-0.2, -0.15) is 0 Å². The van der Waals surface area contributed by atoms with Crippen LogP contribution in [0.2, 0.25) is 0 Å². The monoisotopic (exact) mass is 286 g/mol. The molecule has 0 saturated carbocycles. The number of aliphatic carboxylic acids is 1. The van der Waals surface area contributed by atoms with Crippen molar-refractivity contribution in [3.05, 3.63) is 53.9 Å². The van der Waals surface area contributed by atoms with Gasteiger partial charge in [0.25, 0.3) is 5.91 Å². The van der Waals surface area contributed by atoms with E-state index in [0.717, 1.165) is 6.08 Å². The zero-order valence-corrected chi connectivity index (χ0v) is 11.4. The Bertz CT molecular complexity index is 647. The summed E-state index contributed by atoms with van der Waals surface area (Å²) in [6, 6.07) is 3.20. The highest BCUT2D eigenvalue weighted by Crippen LogP contribution is 2.06. The summed E-state index contributed by atoms with van der Waals surface area (Å²) in [6.45, 7) is 0.355. The number of nitrogens with zero attached hydrogens (tertiary/aromatic N) is 3. The van der Waals surface area contributed by atoms with Gasteiger partial charge < -0.3 is 15.0 Å². The summed E-state index contributed by atoms with van der Waals surface area (Å²) in [4.78, 5) is 35.1. The first-order chi connectivity index (χ1) is 10.1. The van der Waals surface area contributed by atoms with Gasteiger partial charge in [-0.05, 0) is 17.7 Å². The summed E-state index contributed by atoms with van der Waals surface area (Å²) < 4.78 is 0. The lowest BCUT2D eigenvalue weighted by atomic mass is 10.2. The molecule has 2 N–H and O–H groups in total. The minimum Gasteiger partial charge on any atom is -0.478 e. The normalized spacial score (nSPS) is 10.7. The van der Waals surface area contributed by atoms with Gasteiger partial charge in [0.1, 0.15) is 11.5 Å². The zero-order valence-electron chi connectivity index (χ0n) is 11.4. The van der Waals surface area contributed by atoms with Gasteiger partial charge in [0.2, 0.25) is 0 Å². The fourth-order valence-corrected chi connectivity index (χ4v) is 1.67. The molecule has 0 bridgehead atoms. The first-order valence-corrected chi connectivity index (χ1v) is 6.17. The van der Waals surface area contributed by atoms with E-state index in [1.807, 2.05) is 0 Å². The summed E-state index contributed by atoms with van der Waals surface area (Å²) in [6.07, 6.45) is 7.19. The molecule has 108 valence electrons. The molecule has 0 fully saturated rings. The van der Waals surface area contributed by atoms with Crippen LogP contribution in [0.5, 0.6) is 0 Å². The third-order valence-electron chi connectivity index (χ3n) is 2.71. The Morgan fingerprint density at radius 2 is 2.19 bits per heavy atom. The molecule has 0 unspecified atom stereocenters. The number of pyridine rings is 1. The Morgan fingerprint density at radius 1 is 1.38 bits per heavy atom. The van der Waals surface area contributed by atoms with Crippen molar-refractivity contribution in [2.45, 2.75) is 6.54 Å². The number of hydrogen-bond donors (Lipinski definition) is 2. The van der Waals surface area contributed by atoms with Gasteiger partial charge in [0, 0.05) is 31.7 Å². The van der Waals surface area contributed by atoms with Gasteiger partial charge in [-0.15, -0.1) is 0 Å². The minimum absolute atomic E-state index is 0.236. The molecule has 2 aromatic heterocycles. The second-order valence-corrected chi connectivity index (χ2v) is 4.35. The molecule has 0 spiro atoms. The van der Waals surface area contributed by atoms with Gasteiger partial charge in [-0.25, -0.2) is 9.78 Å². The molecule has 0 radical (unpaired) electrons. The quantitative estimate of drug-likeness (QED) is 0.804. The topological polar surface area (TPSA) is 99.2 Å². The number of carboxylic acids is 1. The van der Waals surface area contributed by atoms with E-state index < -0.39 is 5.97 Å². The molecule has 2 aromatic rings. The van der Waals surface area contributed by atoms with Crippen molar-refractivity contribution in [1.29, 1.82) is 0 Å². The number of aromatic amines is 1. The average molecular weight is 286 g/mol. The molecule has 2 heterocycles. The van der Waals surface area contributed by atoms with Crippen molar-refractivity contribution in [3.63, 3.8) is 0 Å². The predicted octanol–water partition coefficient (Wildman–Crippen LogP) is 1.17. The Labute approximate surface area is 121 Å². The van der Waals surface area contributed by atoms with Crippen LogP contribution in [-0.2, 0) is 11.3 Å². The molecular formula is C14H14N4O3. The largest absolute Gasteiger partial charge is 0.478 e. The van der Waals surface area contributed by atoms with Crippen LogP contribution >= 0.6 is 0 Å². The molecule has 0 atom stereocenters. The molecule has 0 aliphatic rings. The van der Waals surface area contributed by atoms with Crippen LogP contribution in [0.4, 0.5) is 0 Å². The summed E-state index contributed by atoms with van der Waals surface area (Å²) in [7, 11) is 1.66. The van der Waals surface area contributed by atoms with Crippen LogP contribution in [0.25, 0.3) is 6.08 Å². The molecule has 7 heteroatoms. The number of imidazole rings is 1. The standard InChI is InChI=1S/C14H14N4O3/c1-18(9-12-15-6-7-16-12)14(21)11-4-2-10(8-17-11)3-5-13(19)20/h2-8H,9H2,1H3,(H,15,16)(H,19,20). The van der Waals surface area contributed by atoms with Gasteiger partial charge in [0.05, 0.1) is 6.54 Å². The first-order valence-electron chi connectivity index (χ1n) is 6.17. The number of carbonyl (C=O) groups excluding carboxylic acids is 1. The Morgan fingerprint density at radius 3 is 2.76 bits per heavy atom. The van der Waals surface area contributed by atoms with Crippen molar-refractivity contribution in [2.24, 2.45) is 0 Å². The van der Waals surface area contributed by atoms with E-state index in [2.05, 4.69) is 15.0 Å². The summed E-state index contributed by atoms with van der Waals surface area (Å²) in [5.41, 5.74) is 0.902. The Kier molecular flexibility index (Phi) is 4.45. The number of aromatic nitrogens is 3. The number of rotatable bonds is 5.